The highest BCUT2D eigenvalue weighted by molar-refractivity contribution is 5.81. The van der Waals surface area contributed by atoms with Crippen LogP contribution in [0.2, 0.25) is 0 Å². The van der Waals surface area contributed by atoms with E-state index in [0.29, 0.717) is 27.8 Å². The van der Waals surface area contributed by atoms with E-state index < -0.39 is 17.4 Å². The van der Waals surface area contributed by atoms with Crippen molar-refractivity contribution in [2.45, 2.75) is 0 Å². The summed E-state index contributed by atoms with van der Waals surface area (Å²) in [6.45, 7) is -0.455. The molecular formula is C18H14N2O6. The monoisotopic (exact) mass is 354 g/mol. The minimum absolute atomic E-state index is 0.128. The third-order valence-corrected chi connectivity index (χ3v) is 3.70. The lowest BCUT2D eigenvalue weighted by molar-refractivity contribution is -0.384. The van der Waals surface area contributed by atoms with Gasteiger partial charge < -0.3 is 14.3 Å². The zero-order valence-electron chi connectivity index (χ0n) is 13.7. The van der Waals surface area contributed by atoms with E-state index in [-0.39, 0.29) is 5.69 Å². The van der Waals surface area contributed by atoms with Crippen molar-refractivity contribution >= 4 is 22.6 Å². The molecule has 1 N–H and O–H groups in total. The van der Waals surface area contributed by atoms with Crippen LogP contribution >= 0.6 is 0 Å². The van der Waals surface area contributed by atoms with Crippen LogP contribution in [0.4, 0.5) is 5.69 Å². The number of nitro groups is 1. The van der Waals surface area contributed by atoms with Crippen molar-refractivity contribution in [1.29, 1.82) is 0 Å². The van der Waals surface area contributed by atoms with Crippen LogP contribution in [0, 0.1) is 10.1 Å². The Kier molecular flexibility index (Phi) is 4.66. The number of rotatable bonds is 5. The molecule has 132 valence electrons. The van der Waals surface area contributed by atoms with Gasteiger partial charge in [-0.1, -0.05) is 0 Å². The highest BCUT2D eigenvalue weighted by Gasteiger charge is 2.12. The largest absolute Gasteiger partial charge is 0.497 e. The average Bonchev–Trinajstić information content (AvgIpc) is 2.65. The molecule has 8 nitrogen and oxygen atoms in total. The molecule has 0 aliphatic rings. The van der Waals surface area contributed by atoms with Gasteiger partial charge in [-0.15, -0.1) is 0 Å². The minimum Gasteiger partial charge on any atom is -0.497 e. The van der Waals surface area contributed by atoms with E-state index in [0.717, 1.165) is 5.56 Å². The van der Waals surface area contributed by atoms with Crippen molar-refractivity contribution in [3.63, 3.8) is 0 Å². The number of aliphatic carboxylic acids is 1. The molecule has 0 aliphatic heterocycles. The summed E-state index contributed by atoms with van der Waals surface area (Å²) in [5.41, 5.74) is 0.975. The Bertz CT molecular complexity index is 1050. The van der Waals surface area contributed by atoms with Crippen LogP contribution in [0.5, 0.6) is 5.75 Å². The lowest BCUT2D eigenvalue weighted by atomic mass is 10.1. The van der Waals surface area contributed by atoms with E-state index in [4.69, 9.17) is 14.3 Å². The van der Waals surface area contributed by atoms with Gasteiger partial charge in [0.15, 0.2) is 0 Å². The number of non-ortho nitro benzene ring substituents is 1. The molecule has 0 saturated carbocycles. The summed E-state index contributed by atoms with van der Waals surface area (Å²) in [7, 11) is 1.56. The summed E-state index contributed by atoms with van der Waals surface area (Å²) in [6, 6.07) is 12.8. The second kappa shape index (κ2) is 7.06. The molecule has 26 heavy (non-hydrogen) atoms. The third kappa shape index (κ3) is 3.54. The predicted octanol–water partition coefficient (Wildman–Crippen LogP) is 3.00. The number of methoxy groups -OCH3 is 1. The van der Waals surface area contributed by atoms with Crippen LogP contribution in [0.25, 0.3) is 22.3 Å². The first-order valence-corrected chi connectivity index (χ1v) is 7.57. The summed E-state index contributed by atoms with van der Waals surface area (Å²) >= 11 is 0. The normalized spacial score (nSPS) is 11.5. The molecule has 3 rings (SSSR count). The number of carboxylic acids is 1. The number of fused-ring (bicyclic) bond motifs is 1. The minimum atomic E-state index is -1.10. The van der Waals surface area contributed by atoms with Gasteiger partial charge in [-0.2, -0.15) is 0 Å². The molecule has 0 atom stereocenters. The fraction of sp³-hybridized carbons (Fsp3) is 0.111. The maximum atomic E-state index is 11.0. The Labute approximate surface area is 147 Å². The van der Waals surface area contributed by atoms with Crippen molar-refractivity contribution in [2.75, 3.05) is 13.7 Å². The van der Waals surface area contributed by atoms with E-state index in [9.17, 15) is 14.9 Å². The number of nitro benzene ring substituents is 1. The second-order valence-electron chi connectivity index (χ2n) is 5.37. The molecule has 0 aliphatic carbocycles. The molecule has 1 heterocycles. The fourth-order valence-electron chi connectivity index (χ4n) is 2.45. The van der Waals surface area contributed by atoms with E-state index >= 15 is 0 Å². The second-order valence-corrected chi connectivity index (χ2v) is 5.37. The summed E-state index contributed by atoms with van der Waals surface area (Å²) in [4.78, 5) is 25.4. The van der Waals surface area contributed by atoms with Gasteiger partial charge in [-0.05, 0) is 30.3 Å². The SMILES string of the molecule is COc1ccc(-c2cc(=NCC(=O)O)c3cc([N+](=O)[O-])ccc3o2)cc1. The maximum absolute atomic E-state index is 11.0. The van der Waals surface area contributed by atoms with Crippen molar-refractivity contribution < 1.29 is 24.0 Å². The van der Waals surface area contributed by atoms with Gasteiger partial charge in [-0.3, -0.25) is 19.9 Å². The van der Waals surface area contributed by atoms with Gasteiger partial charge in [0.05, 0.1) is 17.4 Å². The Balaban J connectivity index is 2.22. The summed E-state index contributed by atoms with van der Waals surface area (Å²) in [5, 5.41) is 20.6. The first kappa shape index (κ1) is 17.2. The number of carboxylic acid groups (broad SMARTS) is 1. The third-order valence-electron chi connectivity index (χ3n) is 3.70. The molecule has 0 spiro atoms. The topological polar surface area (TPSA) is 115 Å². The molecule has 1 aromatic heterocycles. The molecule has 0 fully saturated rings. The van der Waals surface area contributed by atoms with Gasteiger partial charge in [0.1, 0.15) is 23.6 Å². The van der Waals surface area contributed by atoms with Gasteiger partial charge in [-0.25, -0.2) is 0 Å². The molecule has 0 radical (unpaired) electrons. The maximum Gasteiger partial charge on any atom is 0.325 e. The Morgan fingerprint density at radius 3 is 2.58 bits per heavy atom. The van der Waals surface area contributed by atoms with Crippen LogP contribution in [0.3, 0.4) is 0 Å². The van der Waals surface area contributed by atoms with Crippen LogP contribution in [-0.2, 0) is 4.79 Å². The number of carbonyl (C=O) groups is 1. The Morgan fingerprint density at radius 2 is 1.96 bits per heavy atom. The fourth-order valence-corrected chi connectivity index (χ4v) is 2.45. The van der Waals surface area contributed by atoms with Crippen LogP contribution in [0.15, 0.2) is 57.9 Å². The van der Waals surface area contributed by atoms with Gasteiger partial charge in [0.2, 0.25) is 0 Å². The number of ether oxygens (including phenoxy) is 1. The Morgan fingerprint density at radius 1 is 1.23 bits per heavy atom. The van der Waals surface area contributed by atoms with Gasteiger partial charge in [0, 0.05) is 29.1 Å². The zero-order chi connectivity index (χ0) is 18.7. The number of hydrogen-bond acceptors (Lipinski definition) is 6. The quantitative estimate of drug-likeness (QED) is 0.556. The first-order chi connectivity index (χ1) is 12.5. The summed E-state index contributed by atoms with van der Waals surface area (Å²) in [6.07, 6.45) is 0. The molecule has 8 heteroatoms. The van der Waals surface area contributed by atoms with Gasteiger partial charge in [0.25, 0.3) is 5.69 Å². The van der Waals surface area contributed by atoms with E-state index in [1.54, 1.807) is 37.4 Å². The smallest absolute Gasteiger partial charge is 0.325 e. The summed E-state index contributed by atoms with van der Waals surface area (Å²) in [5.74, 6) is 0.0365. The Hall–Kier alpha value is -3.68. The lowest BCUT2D eigenvalue weighted by Gasteiger charge is -2.06. The van der Waals surface area contributed by atoms with Crippen molar-refractivity contribution in [2.24, 2.45) is 4.99 Å². The average molecular weight is 354 g/mol. The van der Waals surface area contributed by atoms with Gasteiger partial charge >= 0.3 is 5.97 Å². The molecule has 0 bridgehead atoms. The molecule has 0 saturated heterocycles. The zero-order valence-corrected chi connectivity index (χ0v) is 13.7. The first-order valence-electron chi connectivity index (χ1n) is 7.57. The van der Waals surface area contributed by atoms with Crippen LogP contribution in [-0.4, -0.2) is 29.7 Å². The number of benzene rings is 2. The summed E-state index contributed by atoms with van der Waals surface area (Å²) < 4.78 is 11.0. The molecule has 0 amide bonds. The molecule has 2 aromatic carbocycles. The number of nitrogens with zero attached hydrogens (tertiary/aromatic N) is 2. The number of hydrogen-bond donors (Lipinski definition) is 1. The predicted molar refractivity (Wildman–Crippen MR) is 92.9 cm³/mol. The highest BCUT2D eigenvalue weighted by atomic mass is 16.6. The van der Waals surface area contributed by atoms with Crippen molar-refractivity contribution in [3.8, 4) is 17.1 Å². The van der Waals surface area contributed by atoms with E-state index in [1.165, 1.54) is 18.2 Å². The van der Waals surface area contributed by atoms with Crippen LogP contribution in [0.1, 0.15) is 0 Å². The van der Waals surface area contributed by atoms with E-state index in [2.05, 4.69) is 4.99 Å². The van der Waals surface area contributed by atoms with Crippen molar-refractivity contribution in [3.05, 3.63) is 64.0 Å². The standard InChI is InChI=1S/C18H14N2O6/c1-25-13-5-2-11(3-6-13)17-9-15(19-10-18(21)22)14-8-12(20(23)24)4-7-16(14)26-17/h2-9H,10H2,1H3,(H,21,22). The van der Waals surface area contributed by atoms with Crippen LogP contribution < -0.4 is 10.1 Å². The highest BCUT2D eigenvalue weighted by Crippen LogP contribution is 2.26. The molecule has 0 unspecified atom stereocenters. The van der Waals surface area contributed by atoms with E-state index in [1.807, 2.05) is 0 Å². The van der Waals surface area contributed by atoms with Crippen molar-refractivity contribution in [1.82, 2.24) is 0 Å². The lowest BCUT2D eigenvalue weighted by Crippen LogP contribution is -2.09. The molecule has 3 aromatic rings. The molecular weight excluding hydrogens is 340 g/mol.